The molecular formula is C16H23NO2. The summed E-state index contributed by atoms with van der Waals surface area (Å²) in [4.78, 5) is 13.1. The molecule has 0 radical (unpaired) electrons. The Balaban J connectivity index is 2.03. The number of carboxylic acids is 1. The summed E-state index contributed by atoms with van der Waals surface area (Å²) in [6.45, 7) is 4.68. The van der Waals surface area contributed by atoms with Gasteiger partial charge in [0.15, 0.2) is 0 Å². The van der Waals surface area contributed by atoms with E-state index in [0.717, 1.165) is 5.69 Å². The summed E-state index contributed by atoms with van der Waals surface area (Å²) >= 11 is 0. The van der Waals surface area contributed by atoms with Crippen LogP contribution in [0.1, 0.15) is 49.9 Å². The maximum Gasteiger partial charge on any atom is 0.335 e. The van der Waals surface area contributed by atoms with Crippen LogP contribution in [0, 0.1) is 5.41 Å². The molecule has 0 aliphatic heterocycles. The van der Waals surface area contributed by atoms with E-state index in [4.69, 9.17) is 5.11 Å². The number of aromatic carboxylic acids is 1. The normalized spacial score (nSPS) is 19.1. The lowest BCUT2D eigenvalue weighted by molar-refractivity contribution is 0.0697. The van der Waals surface area contributed by atoms with Crippen molar-refractivity contribution in [1.82, 2.24) is 0 Å². The number of carbonyl (C=O) groups is 1. The highest BCUT2D eigenvalue weighted by atomic mass is 16.4. The third kappa shape index (κ3) is 3.28. The van der Waals surface area contributed by atoms with Crippen LogP contribution in [0.2, 0.25) is 0 Å². The second-order valence-electron chi connectivity index (χ2n) is 6.36. The highest BCUT2D eigenvalue weighted by Gasteiger charge is 2.28. The largest absolute Gasteiger partial charge is 0.478 e. The van der Waals surface area contributed by atoms with Gasteiger partial charge in [0, 0.05) is 18.8 Å². The Morgan fingerprint density at radius 3 is 2.21 bits per heavy atom. The molecule has 19 heavy (non-hydrogen) atoms. The van der Waals surface area contributed by atoms with Gasteiger partial charge >= 0.3 is 5.97 Å². The van der Waals surface area contributed by atoms with Crippen LogP contribution in [-0.4, -0.2) is 24.2 Å². The minimum atomic E-state index is -0.867. The third-order valence-electron chi connectivity index (χ3n) is 4.38. The van der Waals surface area contributed by atoms with Crippen LogP contribution in [0.5, 0.6) is 0 Å². The molecule has 1 aromatic rings. The van der Waals surface area contributed by atoms with Crippen molar-refractivity contribution < 1.29 is 9.90 Å². The summed E-state index contributed by atoms with van der Waals surface area (Å²) in [7, 11) is 2.11. The summed E-state index contributed by atoms with van der Waals surface area (Å²) in [6, 6.07) is 7.75. The van der Waals surface area contributed by atoms with Crippen LogP contribution in [0.25, 0.3) is 0 Å². The Kier molecular flexibility index (Phi) is 3.83. The molecule has 0 bridgehead atoms. The van der Waals surface area contributed by atoms with Gasteiger partial charge in [-0.15, -0.1) is 0 Å². The molecule has 1 aliphatic rings. The second kappa shape index (κ2) is 5.24. The van der Waals surface area contributed by atoms with Crippen molar-refractivity contribution in [3.8, 4) is 0 Å². The summed E-state index contributed by atoms with van der Waals surface area (Å²) in [5.74, 6) is -0.867. The van der Waals surface area contributed by atoms with Gasteiger partial charge in [0.05, 0.1) is 5.56 Å². The Morgan fingerprint density at radius 1 is 1.21 bits per heavy atom. The molecule has 0 unspecified atom stereocenters. The van der Waals surface area contributed by atoms with Crippen LogP contribution in [0.4, 0.5) is 5.69 Å². The minimum Gasteiger partial charge on any atom is -0.478 e. The third-order valence-corrected chi connectivity index (χ3v) is 4.38. The van der Waals surface area contributed by atoms with Crippen molar-refractivity contribution >= 4 is 11.7 Å². The number of hydrogen-bond donors (Lipinski definition) is 1. The Labute approximate surface area is 115 Å². The first-order valence-corrected chi connectivity index (χ1v) is 6.95. The zero-order valence-electron chi connectivity index (χ0n) is 12.0. The van der Waals surface area contributed by atoms with E-state index in [9.17, 15) is 4.79 Å². The lowest BCUT2D eigenvalue weighted by Gasteiger charge is -2.39. The molecule has 0 atom stereocenters. The van der Waals surface area contributed by atoms with E-state index in [0.29, 0.717) is 17.0 Å². The van der Waals surface area contributed by atoms with Crippen molar-refractivity contribution in [2.75, 3.05) is 11.9 Å². The number of hydrogen-bond acceptors (Lipinski definition) is 2. The maximum atomic E-state index is 10.8. The van der Waals surface area contributed by atoms with Gasteiger partial charge in [0.25, 0.3) is 0 Å². The quantitative estimate of drug-likeness (QED) is 0.900. The molecule has 2 rings (SSSR count). The summed E-state index contributed by atoms with van der Waals surface area (Å²) in [5.41, 5.74) is 1.93. The zero-order chi connectivity index (χ0) is 14.0. The highest BCUT2D eigenvalue weighted by Crippen LogP contribution is 2.37. The second-order valence-corrected chi connectivity index (χ2v) is 6.36. The Bertz CT molecular complexity index is 440. The average molecular weight is 261 g/mol. The summed E-state index contributed by atoms with van der Waals surface area (Å²) in [6.07, 6.45) is 4.94. The Hall–Kier alpha value is -1.51. The fourth-order valence-electron chi connectivity index (χ4n) is 2.82. The van der Waals surface area contributed by atoms with Crippen molar-refractivity contribution in [3.05, 3.63) is 29.8 Å². The molecule has 1 aromatic carbocycles. The molecule has 3 nitrogen and oxygen atoms in total. The van der Waals surface area contributed by atoms with Gasteiger partial charge in [0.1, 0.15) is 0 Å². The van der Waals surface area contributed by atoms with E-state index in [1.165, 1.54) is 25.7 Å². The monoisotopic (exact) mass is 261 g/mol. The van der Waals surface area contributed by atoms with Gasteiger partial charge in [-0.05, 0) is 55.4 Å². The minimum absolute atomic E-state index is 0.349. The maximum absolute atomic E-state index is 10.8. The molecule has 1 N–H and O–H groups in total. The first-order chi connectivity index (χ1) is 8.89. The zero-order valence-corrected chi connectivity index (χ0v) is 12.0. The number of carboxylic acid groups (broad SMARTS) is 1. The van der Waals surface area contributed by atoms with Crippen molar-refractivity contribution in [3.63, 3.8) is 0 Å². The fraction of sp³-hybridized carbons (Fsp3) is 0.562. The van der Waals surface area contributed by atoms with E-state index in [1.807, 2.05) is 12.1 Å². The summed E-state index contributed by atoms with van der Waals surface area (Å²) in [5, 5.41) is 8.91. The van der Waals surface area contributed by atoms with Crippen molar-refractivity contribution in [2.45, 2.75) is 45.6 Å². The lowest BCUT2D eigenvalue weighted by atomic mass is 9.75. The molecule has 104 valence electrons. The number of benzene rings is 1. The van der Waals surface area contributed by atoms with Crippen LogP contribution < -0.4 is 4.90 Å². The number of anilines is 1. The van der Waals surface area contributed by atoms with Gasteiger partial charge in [-0.2, -0.15) is 0 Å². The molecule has 0 amide bonds. The summed E-state index contributed by atoms with van der Waals surface area (Å²) < 4.78 is 0. The molecule has 1 aliphatic carbocycles. The molecule has 1 fully saturated rings. The van der Waals surface area contributed by atoms with Gasteiger partial charge in [-0.1, -0.05) is 13.8 Å². The lowest BCUT2D eigenvalue weighted by Crippen LogP contribution is -2.37. The van der Waals surface area contributed by atoms with Crippen LogP contribution in [0.15, 0.2) is 24.3 Å². The molecular weight excluding hydrogens is 238 g/mol. The van der Waals surface area contributed by atoms with E-state index < -0.39 is 5.97 Å². The first kappa shape index (κ1) is 13.9. The van der Waals surface area contributed by atoms with Crippen LogP contribution in [-0.2, 0) is 0 Å². The van der Waals surface area contributed by atoms with E-state index >= 15 is 0 Å². The van der Waals surface area contributed by atoms with Gasteiger partial charge in [-0.3, -0.25) is 0 Å². The van der Waals surface area contributed by atoms with Crippen LogP contribution in [0.3, 0.4) is 0 Å². The predicted molar refractivity (Wildman–Crippen MR) is 77.8 cm³/mol. The fourth-order valence-corrected chi connectivity index (χ4v) is 2.82. The van der Waals surface area contributed by atoms with E-state index in [2.05, 4.69) is 25.8 Å². The molecule has 0 heterocycles. The molecule has 1 saturated carbocycles. The van der Waals surface area contributed by atoms with Crippen LogP contribution >= 0.6 is 0 Å². The predicted octanol–water partition coefficient (Wildman–Crippen LogP) is 3.79. The SMILES string of the molecule is CN(c1ccc(C(=O)O)cc1)C1CCC(C)(C)CC1. The topological polar surface area (TPSA) is 40.5 Å². The molecule has 3 heteroatoms. The number of nitrogens with zero attached hydrogens (tertiary/aromatic N) is 1. The number of rotatable bonds is 3. The first-order valence-electron chi connectivity index (χ1n) is 6.95. The molecule has 0 saturated heterocycles. The van der Waals surface area contributed by atoms with Gasteiger partial charge < -0.3 is 10.0 Å². The smallest absolute Gasteiger partial charge is 0.335 e. The molecule has 0 aromatic heterocycles. The highest BCUT2D eigenvalue weighted by molar-refractivity contribution is 5.88. The van der Waals surface area contributed by atoms with Crippen molar-refractivity contribution in [2.24, 2.45) is 5.41 Å². The van der Waals surface area contributed by atoms with E-state index in [-0.39, 0.29) is 0 Å². The van der Waals surface area contributed by atoms with Gasteiger partial charge in [-0.25, -0.2) is 4.79 Å². The van der Waals surface area contributed by atoms with Gasteiger partial charge in [0.2, 0.25) is 0 Å². The van der Waals surface area contributed by atoms with E-state index in [1.54, 1.807) is 12.1 Å². The molecule has 0 spiro atoms. The Morgan fingerprint density at radius 2 is 1.74 bits per heavy atom. The van der Waals surface area contributed by atoms with Crippen molar-refractivity contribution in [1.29, 1.82) is 0 Å². The standard InChI is InChI=1S/C16H23NO2/c1-16(2)10-8-14(9-11-16)17(3)13-6-4-12(5-7-13)15(18)19/h4-7,14H,8-11H2,1-3H3,(H,18,19). The average Bonchev–Trinajstić information content (AvgIpc) is 2.38.